The van der Waals surface area contributed by atoms with Gasteiger partial charge in [0.05, 0.1) is 11.4 Å². The Hall–Kier alpha value is -2.83. The molecule has 2 amide bonds. The van der Waals surface area contributed by atoms with Gasteiger partial charge in [0.15, 0.2) is 0 Å². The van der Waals surface area contributed by atoms with E-state index in [9.17, 15) is 14.4 Å². The van der Waals surface area contributed by atoms with Crippen LogP contribution in [-0.4, -0.2) is 28.9 Å². The van der Waals surface area contributed by atoms with Crippen molar-refractivity contribution in [1.29, 1.82) is 0 Å². The molecule has 0 heterocycles. The molecular weight excluding hydrogens is 444 g/mol. The van der Waals surface area contributed by atoms with E-state index in [0.29, 0.717) is 11.4 Å². The molecule has 0 radical (unpaired) electrons. The van der Waals surface area contributed by atoms with Gasteiger partial charge in [0, 0.05) is 9.79 Å². The Labute approximate surface area is 196 Å². The number of urea groups is 1. The Kier molecular flexibility index (Phi) is 10.2. The highest BCUT2D eigenvalue weighted by Gasteiger charge is 2.14. The lowest BCUT2D eigenvalue weighted by atomic mass is 10.1. The lowest BCUT2D eigenvalue weighted by Gasteiger charge is -2.16. The molecule has 0 aliphatic rings. The average Bonchev–Trinajstić information content (AvgIpc) is 2.76. The number of anilines is 2. The van der Waals surface area contributed by atoms with E-state index in [1.165, 1.54) is 23.5 Å². The van der Waals surface area contributed by atoms with Crippen LogP contribution in [0.1, 0.15) is 38.8 Å². The van der Waals surface area contributed by atoms with Crippen LogP contribution in [0.25, 0.3) is 0 Å². The van der Waals surface area contributed by atoms with E-state index in [2.05, 4.69) is 20.6 Å². The highest BCUT2D eigenvalue weighted by atomic mass is 32.2. The standard InChI is InChI=1S/C23H26N4O3S2/c1-5-17-7-9-19(21(11-17)31-15(3)24-13-28)26-23(30)27-20-10-8-18(6-2)12-22(20)32-16(4)25-14-29/h7-12,15-16H,5-6H2,1-4H3,(H2,26,27,30). The fourth-order valence-corrected chi connectivity index (χ4v) is 4.68. The molecule has 0 spiro atoms. The molecule has 0 fully saturated rings. The van der Waals surface area contributed by atoms with Gasteiger partial charge in [-0.2, -0.15) is 9.98 Å². The SMILES string of the molecule is CCc1ccc(NC(=O)Nc2ccc(CC)cc2SC(C)N=C=O)c(SC(C)N=C=O)c1. The summed E-state index contributed by atoms with van der Waals surface area (Å²) in [5, 5.41) is 5.12. The molecule has 0 bridgehead atoms. The third kappa shape index (κ3) is 7.70. The smallest absolute Gasteiger partial charge is 0.307 e. The summed E-state index contributed by atoms with van der Waals surface area (Å²) in [6.07, 6.45) is 4.83. The molecule has 32 heavy (non-hydrogen) atoms. The van der Waals surface area contributed by atoms with Gasteiger partial charge in [-0.05, 0) is 62.1 Å². The van der Waals surface area contributed by atoms with E-state index >= 15 is 0 Å². The molecule has 0 saturated carbocycles. The molecule has 0 aromatic heterocycles. The zero-order valence-corrected chi connectivity index (χ0v) is 20.1. The van der Waals surface area contributed by atoms with Crippen LogP contribution in [0.2, 0.25) is 0 Å². The van der Waals surface area contributed by atoms with E-state index < -0.39 is 6.03 Å². The number of rotatable bonds is 10. The molecule has 2 N–H and O–H groups in total. The fraction of sp³-hybridized carbons (Fsp3) is 0.348. The van der Waals surface area contributed by atoms with Crippen molar-refractivity contribution in [1.82, 2.24) is 0 Å². The average molecular weight is 471 g/mol. The minimum atomic E-state index is -0.403. The second-order valence-corrected chi connectivity index (χ2v) is 9.54. The number of aryl methyl sites for hydroxylation is 2. The van der Waals surface area contributed by atoms with Gasteiger partial charge >= 0.3 is 6.03 Å². The van der Waals surface area contributed by atoms with Crippen molar-refractivity contribution in [2.45, 2.75) is 61.1 Å². The number of thioether (sulfide) groups is 2. The molecule has 2 rings (SSSR count). The summed E-state index contributed by atoms with van der Waals surface area (Å²) in [7, 11) is 0. The largest absolute Gasteiger partial charge is 0.323 e. The summed E-state index contributed by atoms with van der Waals surface area (Å²) in [6.45, 7) is 7.68. The number of benzene rings is 2. The van der Waals surface area contributed by atoms with Gasteiger partial charge in [-0.1, -0.05) is 49.5 Å². The quantitative estimate of drug-likeness (QED) is 0.252. The topological polar surface area (TPSA) is 100.0 Å². The summed E-state index contributed by atoms with van der Waals surface area (Å²) in [6, 6.07) is 11.1. The predicted octanol–water partition coefficient (Wildman–Crippen LogP) is 6.00. The van der Waals surface area contributed by atoms with E-state index in [0.717, 1.165) is 33.8 Å². The fourth-order valence-electron chi connectivity index (χ4n) is 2.82. The lowest BCUT2D eigenvalue weighted by Crippen LogP contribution is -2.20. The molecule has 7 nitrogen and oxygen atoms in total. The van der Waals surface area contributed by atoms with E-state index in [-0.39, 0.29) is 10.7 Å². The molecule has 2 unspecified atom stereocenters. The Morgan fingerprint density at radius 3 is 1.59 bits per heavy atom. The van der Waals surface area contributed by atoms with Crippen molar-refractivity contribution in [2.24, 2.45) is 9.98 Å². The van der Waals surface area contributed by atoms with Gasteiger partial charge in [-0.3, -0.25) is 0 Å². The first-order valence-corrected chi connectivity index (χ1v) is 12.0. The highest BCUT2D eigenvalue weighted by Crippen LogP contribution is 2.34. The van der Waals surface area contributed by atoms with Crippen molar-refractivity contribution in [3.63, 3.8) is 0 Å². The Balaban J connectivity index is 2.25. The first-order chi connectivity index (χ1) is 15.4. The molecule has 0 saturated heterocycles. The van der Waals surface area contributed by atoms with Gasteiger partial charge in [-0.15, -0.1) is 0 Å². The summed E-state index contributed by atoms with van der Waals surface area (Å²) in [5.74, 6) is 0. The normalized spacial score (nSPS) is 12.1. The molecule has 2 atom stereocenters. The maximum absolute atomic E-state index is 12.8. The number of hydrogen-bond donors (Lipinski definition) is 2. The Morgan fingerprint density at radius 2 is 1.25 bits per heavy atom. The molecular formula is C23H26N4O3S2. The molecule has 9 heteroatoms. The summed E-state index contributed by atoms with van der Waals surface area (Å²) >= 11 is 2.74. The maximum atomic E-state index is 12.8. The van der Waals surface area contributed by atoms with E-state index in [4.69, 9.17) is 0 Å². The van der Waals surface area contributed by atoms with Gasteiger partial charge in [0.1, 0.15) is 10.7 Å². The van der Waals surface area contributed by atoms with Crippen molar-refractivity contribution < 1.29 is 14.4 Å². The number of isocyanates is 2. The van der Waals surface area contributed by atoms with Gasteiger partial charge in [0.2, 0.25) is 12.2 Å². The van der Waals surface area contributed by atoms with Crippen LogP contribution in [0.5, 0.6) is 0 Å². The second-order valence-electron chi connectivity index (χ2n) is 6.82. The van der Waals surface area contributed by atoms with Crippen molar-refractivity contribution in [3.05, 3.63) is 47.5 Å². The first kappa shape index (κ1) is 25.4. The maximum Gasteiger partial charge on any atom is 0.323 e. The molecule has 0 aliphatic heterocycles. The second kappa shape index (κ2) is 12.9. The minimum absolute atomic E-state index is 0.326. The predicted molar refractivity (Wildman–Crippen MR) is 131 cm³/mol. The van der Waals surface area contributed by atoms with Crippen molar-refractivity contribution >= 4 is 53.1 Å². The van der Waals surface area contributed by atoms with Crippen LogP contribution in [0.4, 0.5) is 16.2 Å². The third-order valence-corrected chi connectivity index (χ3v) is 6.55. The summed E-state index contributed by atoms with van der Waals surface area (Å²) in [4.78, 5) is 43.0. The van der Waals surface area contributed by atoms with E-state index in [1.54, 1.807) is 26.0 Å². The van der Waals surface area contributed by atoms with Gasteiger partial charge in [-0.25, -0.2) is 14.4 Å². The molecule has 0 aliphatic carbocycles. The van der Waals surface area contributed by atoms with E-state index in [1.807, 2.05) is 50.2 Å². The Bertz CT molecular complexity index is 966. The summed E-state index contributed by atoms with van der Waals surface area (Å²) in [5.41, 5.74) is 3.46. The number of aliphatic imine (C=N–C) groups is 2. The zero-order valence-electron chi connectivity index (χ0n) is 18.5. The number of hydrogen-bond acceptors (Lipinski definition) is 7. The molecule has 2 aromatic rings. The highest BCUT2D eigenvalue weighted by molar-refractivity contribution is 8.00. The summed E-state index contributed by atoms with van der Waals surface area (Å²) < 4.78 is 0. The van der Waals surface area contributed by atoms with Crippen LogP contribution in [0, 0.1) is 0 Å². The number of amides is 2. The number of nitrogens with one attached hydrogen (secondary N) is 2. The molecule has 168 valence electrons. The van der Waals surface area contributed by atoms with Gasteiger partial charge < -0.3 is 10.6 Å². The lowest BCUT2D eigenvalue weighted by molar-refractivity contribution is 0.262. The number of carbonyl (C=O) groups excluding carboxylic acids is 3. The van der Waals surface area contributed by atoms with Crippen LogP contribution in [0.15, 0.2) is 56.2 Å². The van der Waals surface area contributed by atoms with Gasteiger partial charge in [0.25, 0.3) is 0 Å². The third-order valence-electron chi connectivity index (χ3n) is 4.47. The monoisotopic (exact) mass is 470 g/mol. The van der Waals surface area contributed by atoms with Crippen LogP contribution in [-0.2, 0) is 22.4 Å². The van der Waals surface area contributed by atoms with Crippen LogP contribution >= 0.6 is 23.5 Å². The van der Waals surface area contributed by atoms with Crippen molar-refractivity contribution in [2.75, 3.05) is 10.6 Å². The number of nitrogens with zero attached hydrogens (tertiary/aromatic N) is 2. The Morgan fingerprint density at radius 1 is 0.844 bits per heavy atom. The first-order valence-electron chi connectivity index (χ1n) is 10.2. The minimum Gasteiger partial charge on any atom is -0.307 e. The van der Waals surface area contributed by atoms with Crippen LogP contribution in [0.3, 0.4) is 0 Å². The molecule has 2 aromatic carbocycles. The number of carbonyl (C=O) groups is 1. The van der Waals surface area contributed by atoms with Crippen LogP contribution < -0.4 is 10.6 Å². The zero-order chi connectivity index (χ0) is 23.5. The van der Waals surface area contributed by atoms with Crippen molar-refractivity contribution in [3.8, 4) is 0 Å².